The van der Waals surface area contributed by atoms with Crippen LogP contribution in [-0.4, -0.2) is 17.3 Å². The Morgan fingerprint density at radius 3 is 2.43 bits per heavy atom. The van der Waals surface area contributed by atoms with Gasteiger partial charge in [-0.2, -0.15) is 0 Å². The molecule has 1 aromatic rings. The standard InChI is InChI=1S/C13H17F3N2O.C2H4/c1-7-5-8(17)11(9(10(7)14)12(15)16)18-6-13(19)3-2-4-13;1-2/h5,12,18-19H,2-4,6,17H2,1H3;1-2H2. The van der Waals surface area contributed by atoms with E-state index in [0.29, 0.717) is 12.8 Å². The Kier molecular flexibility index (Phi) is 5.66. The SMILES string of the molecule is C=C.Cc1cc(N)c(NCC2(O)CCC2)c(C(F)F)c1F. The van der Waals surface area contributed by atoms with E-state index in [2.05, 4.69) is 18.5 Å². The van der Waals surface area contributed by atoms with E-state index in [0.717, 1.165) is 6.42 Å². The fraction of sp³-hybridized carbons (Fsp3) is 0.467. The molecule has 118 valence electrons. The van der Waals surface area contributed by atoms with Crippen LogP contribution in [0.15, 0.2) is 19.2 Å². The molecule has 2 rings (SSSR count). The second-order valence-electron chi connectivity index (χ2n) is 5.12. The van der Waals surface area contributed by atoms with Gasteiger partial charge in [0.2, 0.25) is 0 Å². The second kappa shape index (κ2) is 6.85. The van der Waals surface area contributed by atoms with Crippen molar-refractivity contribution in [3.05, 3.63) is 36.2 Å². The van der Waals surface area contributed by atoms with Gasteiger partial charge in [0.25, 0.3) is 6.43 Å². The normalized spacial score (nSPS) is 15.9. The molecule has 0 bridgehead atoms. The van der Waals surface area contributed by atoms with E-state index in [1.807, 2.05) is 0 Å². The van der Waals surface area contributed by atoms with Crippen LogP contribution in [0.2, 0.25) is 0 Å². The predicted molar refractivity (Wildman–Crippen MR) is 79.1 cm³/mol. The van der Waals surface area contributed by atoms with Crippen LogP contribution in [0.25, 0.3) is 0 Å². The molecule has 0 heterocycles. The zero-order valence-corrected chi connectivity index (χ0v) is 12.1. The molecule has 0 atom stereocenters. The van der Waals surface area contributed by atoms with Crippen LogP contribution in [0, 0.1) is 12.7 Å². The summed E-state index contributed by atoms with van der Waals surface area (Å²) >= 11 is 0. The highest BCUT2D eigenvalue weighted by Crippen LogP contribution is 2.38. The van der Waals surface area contributed by atoms with E-state index in [9.17, 15) is 18.3 Å². The molecule has 3 nitrogen and oxygen atoms in total. The molecule has 1 fully saturated rings. The lowest BCUT2D eigenvalue weighted by molar-refractivity contribution is -0.0202. The summed E-state index contributed by atoms with van der Waals surface area (Å²) < 4.78 is 39.7. The van der Waals surface area contributed by atoms with Crippen molar-refractivity contribution in [1.29, 1.82) is 0 Å². The zero-order chi connectivity index (χ0) is 16.2. The number of rotatable bonds is 4. The number of nitrogens with one attached hydrogen (secondary N) is 1. The average Bonchev–Trinajstić information content (AvgIpc) is 2.41. The Balaban J connectivity index is 0.00000106. The van der Waals surface area contributed by atoms with Crippen LogP contribution in [0.5, 0.6) is 0 Å². The summed E-state index contributed by atoms with van der Waals surface area (Å²) in [7, 11) is 0. The monoisotopic (exact) mass is 302 g/mol. The molecule has 1 aliphatic rings. The third-order valence-corrected chi connectivity index (χ3v) is 3.61. The van der Waals surface area contributed by atoms with Crippen molar-refractivity contribution in [2.45, 2.75) is 38.2 Å². The highest BCUT2D eigenvalue weighted by molar-refractivity contribution is 5.72. The molecule has 0 radical (unpaired) electrons. The number of hydrogen-bond donors (Lipinski definition) is 3. The first-order valence-corrected chi connectivity index (χ1v) is 6.67. The average molecular weight is 302 g/mol. The Morgan fingerprint density at radius 1 is 1.43 bits per heavy atom. The van der Waals surface area contributed by atoms with Crippen molar-refractivity contribution in [3.63, 3.8) is 0 Å². The minimum atomic E-state index is -2.96. The van der Waals surface area contributed by atoms with E-state index in [1.54, 1.807) is 0 Å². The number of benzene rings is 1. The predicted octanol–water partition coefficient (Wildman–Crippen LogP) is 3.78. The Bertz CT molecular complexity index is 502. The molecule has 0 aliphatic heterocycles. The molecule has 6 heteroatoms. The molecule has 21 heavy (non-hydrogen) atoms. The maximum Gasteiger partial charge on any atom is 0.268 e. The summed E-state index contributed by atoms with van der Waals surface area (Å²) in [5.41, 5.74) is 4.09. The summed E-state index contributed by atoms with van der Waals surface area (Å²) in [5.74, 6) is -0.952. The van der Waals surface area contributed by atoms with Crippen LogP contribution in [-0.2, 0) is 0 Å². The molecule has 0 spiro atoms. The van der Waals surface area contributed by atoms with Crippen LogP contribution in [0.3, 0.4) is 0 Å². The molecule has 1 aliphatic carbocycles. The van der Waals surface area contributed by atoms with Crippen LogP contribution >= 0.6 is 0 Å². The van der Waals surface area contributed by atoms with Gasteiger partial charge in [-0.1, -0.05) is 0 Å². The molecular formula is C15H21F3N2O. The quantitative estimate of drug-likeness (QED) is 0.586. The number of nitrogen functional groups attached to an aromatic ring is 1. The van der Waals surface area contributed by atoms with E-state index < -0.39 is 23.4 Å². The smallest absolute Gasteiger partial charge is 0.268 e. The molecule has 0 saturated heterocycles. The lowest BCUT2D eigenvalue weighted by Gasteiger charge is -2.37. The van der Waals surface area contributed by atoms with Crippen molar-refractivity contribution in [1.82, 2.24) is 0 Å². The number of aryl methyl sites for hydroxylation is 1. The summed E-state index contributed by atoms with van der Waals surface area (Å²) in [6.45, 7) is 7.49. The zero-order valence-electron chi connectivity index (χ0n) is 12.1. The number of nitrogens with two attached hydrogens (primary N) is 1. The van der Waals surface area contributed by atoms with Crippen LogP contribution in [0.4, 0.5) is 24.5 Å². The number of alkyl halides is 2. The number of hydrogen-bond acceptors (Lipinski definition) is 3. The number of halogens is 3. The molecular weight excluding hydrogens is 281 g/mol. The lowest BCUT2D eigenvalue weighted by atomic mass is 9.80. The molecule has 1 aromatic carbocycles. The van der Waals surface area contributed by atoms with Gasteiger partial charge in [-0.25, -0.2) is 13.2 Å². The third kappa shape index (κ3) is 3.69. The fourth-order valence-electron chi connectivity index (χ4n) is 2.26. The van der Waals surface area contributed by atoms with E-state index in [4.69, 9.17) is 5.73 Å². The fourth-order valence-corrected chi connectivity index (χ4v) is 2.26. The molecule has 1 saturated carbocycles. The first-order valence-electron chi connectivity index (χ1n) is 6.67. The van der Waals surface area contributed by atoms with Crippen molar-refractivity contribution in [2.24, 2.45) is 0 Å². The topological polar surface area (TPSA) is 58.3 Å². The summed E-state index contributed by atoms with van der Waals surface area (Å²) in [6.07, 6.45) is -0.838. The van der Waals surface area contributed by atoms with E-state index in [1.165, 1.54) is 13.0 Å². The van der Waals surface area contributed by atoms with Crippen molar-refractivity contribution in [3.8, 4) is 0 Å². The van der Waals surface area contributed by atoms with E-state index in [-0.39, 0.29) is 23.5 Å². The van der Waals surface area contributed by atoms with Gasteiger partial charge in [-0.3, -0.25) is 0 Å². The molecule has 4 N–H and O–H groups in total. The maximum absolute atomic E-state index is 13.8. The molecule has 0 aromatic heterocycles. The van der Waals surface area contributed by atoms with E-state index >= 15 is 0 Å². The van der Waals surface area contributed by atoms with Gasteiger partial charge < -0.3 is 16.2 Å². The minimum absolute atomic E-state index is 0.0668. The third-order valence-electron chi connectivity index (χ3n) is 3.61. The summed E-state index contributed by atoms with van der Waals surface area (Å²) in [6, 6.07) is 1.31. The minimum Gasteiger partial charge on any atom is -0.397 e. The largest absolute Gasteiger partial charge is 0.397 e. The molecule has 0 unspecified atom stereocenters. The Hall–Kier alpha value is -1.69. The first kappa shape index (κ1) is 17.4. The van der Waals surface area contributed by atoms with Crippen molar-refractivity contribution >= 4 is 11.4 Å². The van der Waals surface area contributed by atoms with Gasteiger partial charge in [0.15, 0.2) is 0 Å². The van der Waals surface area contributed by atoms with Gasteiger partial charge in [-0.15, -0.1) is 13.2 Å². The molecule has 0 amide bonds. The van der Waals surface area contributed by atoms with Crippen LogP contribution in [0.1, 0.15) is 36.8 Å². The number of aliphatic hydroxyl groups is 1. The van der Waals surface area contributed by atoms with Gasteiger partial charge in [0.05, 0.1) is 22.5 Å². The lowest BCUT2D eigenvalue weighted by Crippen LogP contribution is -2.43. The first-order chi connectivity index (χ1) is 9.84. The van der Waals surface area contributed by atoms with Gasteiger partial charge in [0, 0.05) is 6.54 Å². The van der Waals surface area contributed by atoms with Crippen molar-refractivity contribution in [2.75, 3.05) is 17.6 Å². The Labute approximate surface area is 122 Å². The highest BCUT2D eigenvalue weighted by Gasteiger charge is 2.35. The van der Waals surface area contributed by atoms with Crippen LogP contribution < -0.4 is 11.1 Å². The second-order valence-corrected chi connectivity index (χ2v) is 5.12. The summed E-state index contributed by atoms with van der Waals surface area (Å²) in [5, 5.41) is 12.6. The summed E-state index contributed by atoms with van der Waals surface area (Å²) in [4.78, 5) is 0. The van der Waals surface area contributed by atoms with Crippen molar-refractivity contribution < 1.29 is 18.3 Å². The number of anilines is 2. The van der Waals surface area contributed by atoms with Gasteiger partial charge in [-0.05, 0) is 37.8 Å². The highest BCUT2D eigenvalue weighted by atomic mass is 19.3. The van der Waals surface area contributed by atoms with Gasteiger partial charge >= 0.3 is 0 Å². The Morgan fingerprint density at radius 2 is 2.00 bits per heavy atom. The van der Waals surface area contributed by atoms with Gasteiger partial charge in [0.1, 0.15) is 5.82 Å². The maximum atomic E-state index is 13.8.